The Morgan fingerprint density at radius 1 is 0.356 bits per heavy atom. The maximum atomic E-state index is 6.80. The van der Waals surface area contributed by atoms with Gasteiger partial charge < -0.3 is 4.74 Å². The topological polar surface area (TPSA) is 43.8 Å². The maximum Gasteiger partial charge on any atom is 0.146 e. The molecule has 4 heterocycles. The van der Waals surface area contributed by atoms with Crippen LogP contribution in [0, 0.1) is 27.7 Å². The summed E-state index contributed by atoms with van der Waals surface area (Å²) in [6, 6.07) is 56.4. The van der Waals surface area contributed by atoms with Crippen LogP contribution in [0.25, 0.3) is 99.0 Å². The Bertz CT molecular complexity index is 3470. The molecule has 0 saturated carbocycles. The summed E-state index contributed by atoms with van der Waals surface area (Å²) in [5, 5.41) is 6.70. The summed E-state index contributed by atoms with van der Waals surface area (Å²) in [4.78, 5) is 10.5. The molecule has 0 unspecified atom stereocenters. The Morgan fingerprint density at radius 2 is 0.763 bits per heavy atom. The standard InChI is InChI=1S/C54H38N4O/c1-31-11-9-12-32(2)51(31)35-19-23-41-39-25-21-37(29-43(39)53-55-45-15-5-7-17-47(45)57(53)49(41)27-35)59-38-22-26-40-42-24-20-36(52-33(3)13-10-14-34(52)4)28-50(42)58-48-18-8-6-16-46(48)56-54(58)44(40)30-38/h5-30H,1-4H3. The van der Waals surface area contributed by atoms with Crippen molar-refractivity contribution in [2.24, 2.45) is 0 Å². The van der Waals surface area contributed by atoms with E-state index in [1.807, 2.05) is 0 Å². The Balaban J connectivity index is 1.04. The van der Waals surface area contributed by atoms with E-state index in [1.165, 1.54) is 55.3 Å². The van der Waals surface area contributed by atoms with Crippen LogP contribution in [-0.2, 0) is 0 Å². The molecule has 5 nitrogen and oxygen atoms in total. The van der Waals surface area contributed by atoms with E-state index in [9.17, 15) is 0 Å². The first-order valence-corrected chi connectivity index (χ1v) is 20.2. The Labute approximate surface area is 340 Å². The van der Waals surface area contributed by atoms with Crippen molar-refractivity contribution in [1.29, 1.82) is 0 Å². The number of rotatable bonds is 4. The van der Waals surface area contributed by atoms with Gasteiger partial charge in [-0.2, -0.15) is 0 Å². The average Bonchev–Trinajstić information content (AvgIpc) is 3.84. The SMILES string of the molecule is Cc1cccc(C)c1-c1ccc2c3ccc(Oc4ccc5c6ccc(-c7c(C)cccc7C)cc6n6c7ccccc7nc6c5c4)cc3c3nc4ccccc4n3c2c1. The van der Waals surface area contributed by atoms with Gasteiger partial charge in [-0.3, -0.25) is 8.80 Å². The van der Waals surface area contributed by atoms with Gasteiger partial charge in [0.25, 0.3) is 0 Å². The second kappa shape index (κ2) is 12.5. The van der Waals surface area contributed by atoms with E-state index in [2.05, 4.69) is 194 Å². The third-order valence-electron chi connectivity index (χ3n) is 12.4. The lowest BCUT2D eigenvalue weighted by Crippen LogP contribution is -1.95. The van der Waals surface area contributed by atoms with Gasteiger partial charge in [-0.05, 0) is 156 Å². The first-order valence-electron chi connectivity index (χ1n) is 20.2. The highest BCUT2D eigenvalue weighted by molar-refractivity contribution is 6.16. The molecule has 0 amide bonds. The molecule has 0 fully saturated rings. The fourth-order valence-electron chi connectivity index (χ4n) is 9.79. The zero-order valence-electron chi connectivity index (χ0n) is 33.2. The van der Waals surface area contributed by atoms with Gasteiger partial charge in [0.05, 0.1) is 33.1 Å². The van der Waals surface area contributed by atoms with Crippen LogP contribution in [0.4, 0.5) is 0 Å². The van der Waals surface area contributed by atoms with E-state index in [1.54, 1.807) is 0 Å². The highest BCUT2D eigenvalue weighted by atomic mass is 16.5. The van der Waals surface area contributed by atoms with Gasteiger partial charge in [-0.15, -0.1) is 0 Å². The Morgan fingerprint density at radius 3 is 1.20 bits per heavy atom. The molecule has 0 radical (unpaired) electrons. The van der Waals surface area contributed by atoms with Crippen LogP contribution in [0.2, 0.25) is 0 Å². The Hall–Kier alpha value is -7.50. The van der Waals surface area contributed by atoms with Gasteiger partial charge in [-0.1, -0.05) is 84.9 Å². The number of fused-ring (bicyclic) bond motifs is 16. The fraction of sp³-hybridized carbons (Fsp3) is 0.0741. The molecule has 12 aromatic rings. The summed E-state index contributed by atoms with van der Waals surface area (Å²) in [6.45, 7) is 8.77. The molecule has 0 saturated heterocycles. The Kier molecular flexibility index (Phi) is 7.12. The molecular weight excluding hydrogens is 721 g/mol. The van der Waals surface area contributed by atoms with Gasteiger partial charge in [0, 0.05) is 21.5 Å². The van der Waals surface area contributed by atoms with Gasteiger partial charge in [0.2, 0.25) is 0 Å². The van der Waals surface area contributed by atoms with Crippen molar-refractivity contribution in [3.05, 3.63) is 180 Å². The van der Waals surface area contributed by atoms with E-state index in [0.717, 1.165) is 77.4 Å². The summed E-state index contributed by atoms with van der Waals surface area (Å²) in [6.07, 6.45) is 0. The maximum absolute atomic E-state index is 6.80. The number of para-hydroxylation sites is 4. The predicted octanol–water partition coefficient (Wildman–Crippen LogP) is 14.3. The zero-order valence-corrected chi connectivity index (χ0v) is 33.2. The molecule has 0 N–H and O–H groups in total. The van der Waals surface area contributed by atoms with Crippen molar-refractivity contribution in [1.82, 2.24) is 18.8 Å². The van der Waals surface area contributed by atoms with E-state index in [4.69, 9.17) is 14.7 Å². The van der Waals surface area contributed by atoms with Crippen molar-refractivity contribution in [2.75, 3.05) is 0 Å². The number of pyridine rings is 2. The molecule has 280 valence electrons. The zero-order chi connectivity index (χ0) is 39.5. The first-order chi connectivity index (χ1) is 28.9. The van der Waals surface area contributed by atoms with E-state index in [-0.39, 0.29) is 0 Å². The van der Waals surface area contributed by atoms with Crippen molar-refractivity contribution >= 4 is 76.7 Å². The first kappa shape index (κ1) is 33.6. The minimum atomic E-state index is 0.751. The lowest BCUT2D eigenvalue weighted by molar-refractivity contribution is 0.484. The van der Waals surface area contributed by atoms with E-state index >= 15 is 0 Å². The summed E-state index contributed by atoms with van der Waals surface area (Å²) in [7, 11) is 0. The third-order valence-corrected chi connectivity index (χ3v) is 12.4. The van der Waals surface area contributed by atoms with Crippen LogP contribution in [0.15, 0.2) is 158 Å². The number of benzene rings is 8. The van der Waals surface area contributed by atoms with Crippen LogP contribution < -0.4 is 4.74 Å². The molecule has 8 aromatic carbocycles. The van der Waals surface area contributed by atoms with Crippen molar-refractivity contribution in [2.45, 2.75) is 27.7 Å². The lowest BCUT2D eigenvalue weighted by Gasteiger charge is -2.15. The monoisotopic (exact) mass is 758 g/mol. The molecule has 0 spiro atoms. The number of ether oxygens (including phenoxy) is 1. The van der Waals surface area contributed by atoms with Crippen LogP contribution in [0.5, 0.6) is 11.5 Å². The normalized spacial score (nSPS) is 12.1. The molecular formula is C54H38N4O. The lowest BCUT2D eigenvalue weighted by atomic mass is 9.94. The van der Waals surface area contributed by atoms with Gasteiger partial charge in [0.15, 0.2) is 0 Å². The minimum absolute atomic E-state index is 0.751. The van der Waals surface area contributed by atoms with Crippen LogP contribution in [0.3, 0.4) is 0 Å². The minimum Gasteiger partial charge on any atom is -0.457 e. The number of aryl methyl sites for hydroxylation is 4. The van der Waals surface area contributed by atoms with E-state index < -0.39 is 0 Å². The van der Waals surface area contributed by atoms with Crippen molar-refractivity contribution in [3.63, 3.8) is 0 Å². The number of hydrogen-bond donors (Lipinski definition) is 0. The molecule has 0 atom stereocenters. The van der Waals surface area contributed by atoms with Crippen molar-refractivity contribution < 1.29 is 4.74 Å². The molecule has 4 aromatic heterocycles. The number of nitrogens with zero attached hydrogens (tertiary/aromatic N) is 4. The summed E-state index contributed by atoms with van der Waals surface area (Å²) in [5.41, 5.74) is 18.2. The molecule has 12 rings (SSSR count). The largest absolute Gasteiger partial charge is 0.457 e. The van der Waals surface area contributed by atoms with Gasteiger partial charge in [0.1, 0.15) is 22.8 Å². The van der Waals surface area contributed by atoms with Crippen LogP contribution in [0.1, 0.15) is 22.3 Å². The highest BCUT2D eigenvalue weighted by Crippen LogP contribution is 2.41. The quantitative estimate of drug-likeness (QED) is 0.168. The molecule has 5 heteroatoms. The molecule has 0 aliphatic heterocycles. The smallest absolute Gasteiger partial charge is 0.146 e. The van der Waals surface area contributed by atoms with Gasteiger partial charge in [-0.25, -0.2) is 9.97 Å². The average molecular weight is 759 g/mol. The van der Waals surface area contributed by atoms with Gasteiger partial charge >= 0.3 is 0 Å². The summed E-state index contributed by atoms with van der Waals surface area (Å²) < 4.78 is 11.4. The number of imidazole rings is 2. The van der Waals surface area contributed by atoms with Crippen molar-refractivity contribution in [3.8, 4) is 33.8 Å². The highest BCUT2D eigenvalue weighted by Gasteiger charge is 2.19. The second-order valence-corrected chi connectivity index (χ2v) is 16.0. The molecule has 0 aliphatic carbocycles. The number of aromatic nitrogens is 4. The fourth-order valence-corrected chi connectivity index (χ4v) is 9.79. The predicted molar refractivity (Wildman–Crippen MR) is 245 cm³/mol. The van der Waals surface area contributed by atoms with E-state index in [0.29, 0.717) is 0 Å². The summed E-state index contributed by atoms with van der Waals surface area (Å²) in [5.74, 6) is 1.50. The van der Waals surface area contributed by atoms with Crippen LogP contribution in [-0.4, -0.2) is 18.8 Å². The molecule has 0 aliphatic rings. The number of hydrogen-bond acceptors (Lipinski definition) is 3. The third kappa shape index (κ3) is 4.98. The molecule has 59 heavy (non-hydrogen) atoms. The molecule has 0 bridgehead atoms. The second-order valence-electron chi connectivity index (χ2n) is 16.0. The summed E-state index contributed by atoms with van der Waals surface area (Å²) >= 11 is 0. The van der Waals surface area contributed by atoms with Crippen LogP contribution >= 0.6 is 0 Å².